The minimum atomic E-state index is -0.323. The van der Waals surface area contributed by atoms with Crippen LogP contribution in [0.4, 0.5) is 0 Å². The average Bonchev–Trinajstić information content (AvgIpc) is 2.43. The summed E-state index contributed by atoms with van der Waals surface area (Å²) in [7, 11) is 0. The van der Waals surface area contributed by atoms with Crippen molar-refractivity contribution >= 4 is 0 Å². The van der Waals surface area contributed by atoms with Crippen molar-refractivity contribution < 1.29 is 9.84 Å². The van der Waals surface area contributed by atoms with Gasteiger partial charge in [0.2, 0.25) is 0 Å². The molecule has 118 valence electrons. The van der Waals surface area contributed by atoms with E-state index in [1.54, 1.807) is 0 Å². The highest BCUT2D eigenvalue weighted by atomic mass is 16.5. The number of aliphatic hydroxyl groups is 1. The number of hydrogen-bond acceptors (Lipinski definition) is 3. The molecule has 0 bridgehead atoms. The molecule has 2 N–H and O–H groups in total. The first kappa shape index (κ1) is 16.3. The molecule has 1 aliphatic rings. The van der Waals surface area contributed by atoms with Crippen molar-refractivity contribution in [2.75, 3.05) is 6.54 Å². The number of benzene rings is 1. The third-order valence-electron chi connectivity index (χ3n) is 4.03. The fraction of sp³-hybridized carbons (Fsp3) is 0.667. The molecule has 0 radical (unpaired) electrons. The van der Waals surface area contributed by atoms with Gasteiger partial charge in [-0.25, -0.2) is 0 Å². The van der Waals surface area contributed by atoms with Crippen LogP contribution in [0.5, 0.6) is 5.75 Å². The van der Waals surface area contributed by atoms with Crippen molar-refractivity contribution in [3.05, 3.63) is 29.3 Å². The quantitative estimate of drug-likeness (QED) is 0.844. The van der Waals surface area contributed by atoms with E-state index < -0.39 is 0 Å². The topological polar surface area (TPSA) is 41.5 Å². The lowest BCUT2D eigenvalue weighted by atomic mass is 9.94. The van der Waals surface area contributed by atoms with Crippen molar-refractivity contribution in [3.8, 4) is 5.75 Å². The van der Waals surface area contributed by atoms with Crippen molar-refractivity contribution in [2.24, 2.45) is 5.92 Å². The number of aliphatic hydroxyl groups excluding tert-OH is 1. The Kier molecular flexibility index (Phi) is 6.07. The summed E-state index contributed by atoms with van der Waals surface area (Å²) in [4.78, 5) is 0. The minimum absolute atomic E-state index is 0.0506. The molecule has 0 amide bonds. The Balaban J connectivity index is 2.03. The van der Waals surface area contributed by atoms with Crippen LogP contribution in [0.2, 0.25) is 0 Å². The molecule has 1 aliphatic carbocycles. The molecular formula is C18H29NO2. The summed E-state index contributed by atoms with van der Waals surface area (Å²) in [5.74, 6) is 1.56. The number of aryl methyl sites for hydroxylation is 1. The maximum atomic E-state index is 10.1. The van der Waals surface area contributed by atoms with Crippen LogP contribution < -0.4 is 10.1 Å². The first-order valence-electron chi connectivity index (χ1n) is 8.21. The molecule has 0 aliphatic heterocycles. The fourth-order valence-electron chi connectivity index (χ4n) is 2.83. The summed E-state index contributed by atoms with van der Waals surface area (Å²) < 4.78 is 6.12. The van der Waals surface area contributed by atoms with Crippen LogP contribution in [-0.4, -0.2) is 23.9 Å². The maximum absolute atomic E-state index is 10.1. The first-order valence-corrected chi connectivity index (χ1v) is 8.21. The molecule has 2 atom stereocenters. The smallest absolute Gasteiger partial charge is 0.124 e. The van der Waals surface area contributed by atoms with Crippen LogP contribution >= 0.6 is 0 Å². The Morgan fingerprint density at radius 2 is 2.05 bits per heavy atom. The molecule has 1 saturated carbocycles. The van der Waals surface area contributed by atoms with Crippen molar-refractivity contribution in [1.29, 1.82) is 0 Å². The number of rotatable bonds is 6. The zero-order valence-corrected chi connectivity index (χ0v) is 13.6. The second-order valence-electron chi connectivity index (χ2n) is 6.64. The largest absolute Gasteiger partial charge is 0.487 e. The summed E-state index contributed by atoms with van der Waals surface area (Å²) in [5, 5.41) is 13.6. The average molecular weight is 291 g/mol. The van der Waals surface area contributed by atoms with Gasteiger partial charge in [-0.05, 0) is 44.7 Å². The molecule has 0 spiro atoms. The first-order chi connectivity index (χ1) is 10.1. The molecule has 3 nitrogen and oxygen atoms in total. The number of nitrogens with one attached hydrogen (secondary N) is 1. The van der Waals surface area contributed by atoms with Crippen LogP contribution in [-0.2, 0) is 6.54 Å². The lowest BCUT2D eigenvalue weighted by Gasteiger charge is -2.29. The van der Waals surface area contributed by atoms with Crippen LogP contribution in [0, 0.1) is 12.8 Å². The lowest BCUT2D eigenvalue weighted by Crippen LogP contribution is -2.35. The molecule has 2 unspecified atom stereocenters. The third-order valence-corrected chi connectivity index (χ3v) is 4.03. The Morgan fingerprint density at radius 1 is 1.29 bits per heavy atom. The molecule has 0 aromatic heterocycles. The van der Waals surface area contributed by atoms with Gasteiger partial charge in [0.15, 0.2) is 0 Å². The predicted octanol–water partition coefficient (Wildman–Crippen LogP) is 3.42. The Morgan fingerprint density at radius 3 is 2.76 bits per heavy atom. The second-order valence-corrected chi connectivity index (χ2v) is 6.64. The number of ether oxygens (including phenoxy) is 1. The Bertz CT molecular complexity index is 445. The van der Waals surface area contributed by atoms with E-state index in [1.165, 1.54) is 11.1 Å². The summed E-state index contributed by atoms with van der Waals surface area (Å²) in [6.07, 6.45) is 3.69. The van der Waals surface area contributed by atoms with E-state index in [2.05, 4.69) is 38.2 Å². The zero-order valence-electron chi connectivity index (χ0n) is 13.6. The highest BCUT2D eigenvalue weighted by Crippen LogP contribution is 2.27. The summed E-state index contributed by atoms with van der Waals surface area (Å²) in [6.45, 7) is 8.33. The maximum Gasteiger partial charge on any atom is 0.124 e. The van der Waals surface area contributed by atoms with Gasteiger partial charge >= 0.3 is 0 Å². The van der Waals surface area contributed by atoms with Gasteiger partial charge in [0.1, 0.15) is 11.9 Å². The molecule has 0 heterocycles. The molecule has 1 fully saturated rings. The van der Waals surface area contributed by atoms with Gasteiger partial charge < -0.3 is 15.2 Å². The van der Waals surface area contributed by atoms with Crippen LogP contribution in [0.3, 0.4) is 0 Å². The van der Waals surface area contributed by atoms with E-state index in [0.29, 0.717) is 5.92 Å². The SMILES string of the molecule is Cc1ccc(OC2CCCCC2O)c(CNCC(C)C)c1. The van der Waals surface area contributed by atoms with Crippen molar-refractivity contribution in [1.82, 2.24) is 5.32 Å². The van der Waals surface area contributed by atoms with E-state index in [-0.39, 0.29) is 12.2 Å². The van der Waals surface area contributed by atoms with E-state index in [9.17, 15) is 5.11 Å². The van der Waals surface area contributed by atoms with Crippen LogP contribution in [0.1, 0.15) is 50.7 Å². The Hall–Kier alpha value is -1.06. The monoisotopic (exact) mass is 291 g/mol. The zero-order chi connectivity index (χ0) is 15.2. The molecule has 2 rings (SSSR count). The highest BCUT2D eigenvalue weighted by molar-refractivity contribution is 5.37. The predicted molar refractivity (Wildman–Crippen MR) is 86.6 cm³/mol. The van der Waals surface area contributed by atoms with Gasteiger partial charge in [-0.3, -0.25) is 0 Å². The highest BCUT2D eigenvalue weighted by Gasteiger charge is 2.25. The summed E-state index contributed by atoms with van der Waals surface area (Å²) >= 11 is 0. The van der Waals surface area contributed by atoms with Crippen molar-refractivity contribution in [3.63, 3.8) is 0 Å². The molecule has 21 heavy (non-hydrogen) atoms. The van der Waals surface area contributed by atoms with E-state index in [0.717, 1.165) is 44.5 Å². The van der Waals surface area contributed by atoms with E-state index in [1.807, 2.05) is 6.07 Å². The van der Waals surface area contributed by atoms with Crippen molar-refractivity contribution in [2.45, 2.75) is 65.2 Å². The third kappa shape index (κ3) is 5.01. The fourth-order valence-corrected chi connectivity index (χ4v) is 2.83. The Labute approximate surface area is 128 Å². The van der Waals surface area contributed by atoms with Gasteiger partial charge in [0, 0.05) is 12.1 Å². The van der Waals surface area contributed by atoms with E-state index in [4.69, 9.17) is 4.74 Å². The number of hydrogen-bond donors (Lipinski definition) is 2. The molecule has 1 aromatic rings. The summed E-state index contributed by atoms with van der Waals surface area (Å²) in [5.41, 5.74) is 2.43. The van der Waals surface area contributed by atoms with Gasteiger partial charge in [-0.1, -0.05) is 38.0 Å². The lowest BCUT2D eigenvalue weighted by molar-refractivity contribution is 0.00635. The molecule has 3 heteroatoms. The van der Waals surface area contributed by atoms with Gasteiger partial charge in [0.05, 0.1) is 6.10 Å². The van der Waals surface area contributed by atoms with E-state index >= 15 is 0 Å². The van der Waals surface area contributed by atoms with Gasteiger partial charge in [0.25, 0.3) is 0 Å². The molecular weight excluding hydrogens is 262 g/mol. The molecule has 1 aromatic carbocycles. The molecule has 0 saturated heterocycles. The van der Waals surface area contributed by atoms with Gasteiger partial charge in [-0.2, -0.15) is 0 Å². The van der Waals surface area contributed by atoms with Crippen LogP contribution in [0.25, 0.3) is 0 Å². The standard InChI is InChI=1S/C18H29NO2/c1-13(2)11-19-12-15-10-14(3)8-9-17(15)21-18-7-5-4-6-16(18)20/h8-10,13,16,18-20H,4-7,11-12H2,1-3H3. The normalized spacial score (nSPS) is 22.5. The minimum Gasteiger partial charge on any atom is -0.487 e. The van der Waals surface area contributed by atoms with Gasteiger partial charge in [-0.15, -0.1) is 0 Å². The second kappa shape index (κ2) is 7.81. The summed E-state index contributed by atoms with van der Waals surface area (Å²) in [6, 6.07) is 6.30. The van der Waals surface area contributed by atoms with Crippen LogP contribution in [0.15, 0.2) is 18.2 Å².